The Kier molecular flexibility index (Phi) is 9.39. The van der Waals surface area contributed by atoms with Crippen LogP contribution in [0.15, 0.2) is 88.7 Å². The van der Waals surface area contributed by atoms with Crippen molar-refractivity contribution in [3.05, 3.63) is 84.4 Å². The molecule has 0 radical (unpaired) electrons. The van der Waals surface area contributed by atoms with Crippen molar-refractivity contribution >= 4 is 25.6 Å². The van der Waals surface area contributed by atoms with E-state index >= 15 is 0 Å². The molecule has 0 spiro atoms. The zero-order chi connectivity index (χ0) is 23.7. The van der Waals surface area contributed by atoms with E-state index < -0.39 is 31.7 Å². The SMILES string of the molecule is COc1ccc(S(=O)(=O)c2ccc(C[C@@H](CO)[AsH]C[C@@H](O)COc3ccccc3)cc2)cc1. The van der Waals surface area contributed by atoms with Gasteiger partial charge in [0, 0.05) is 0 Å². The summed E-state index contributed by atoms with van der Waals surface area (Å²) in [7, 11) is -2.08. The molecule has 176 valence electrons. The minimum absolute atomic E-state index is 0.0398. The third-order valence-corrected chi connectivity index (χ3v) is 10.4. The molecule has 2 N–H and O–H groups in total. The number of benzene rings is 3. The average molecular weight is 532 g/mol. The Bertz CT molecular complexity index is 1090. The van der Waals surface area contributed by atoms with Crippen molar-refractivity contribution in [3.63, 3.8) is 0 Å². The molecule has 1 unspecified atom stereocenters. The van der Waals surface area contributed by atoms with Gasteiger partial charge in [0.25, 0.3) is 0 Å². The molecule has 3 atom stereocenters. The molecule has 0 aromatic heterocycles. The number of sulfone groups is 1. The van der Waals surface area contributed by atoms with Crippen LogP contribution in [0.3, 0.4) is 0 Å². The molecular weight excluding hydrogens is 503 g/mol. The van der Waals surface area contributed by atoms with Gasteiger partial charge in [-0.3, -0.25) is 0 Å². The molecule has 0 fully saturated rings. The third-order valence-electron chi connectivity index (χ3n) is 5.13. The van der Waals surface area contributed by atoms with Crippen molar-refractivity contribution in [1.82, 2.24) is 0 Å². The van der Waals surface area contributed by atoms with E-state index in [0.29, 0.717) is 17.4 Å². The Morgan fingerprint density at radius 2 is 1.48 bits per heavy atom. The average Bonchev–Trinajstić information content (AvgIpc) is 2.86. The second-order valence-electron chi connectivity index (χ2n) is 7.59. The standard InChI is InChI=1S/C25H29AsO6S/c1-31-22-9-13-25(14-10-22)33(29,30)24-11-7-19(8-12-24)15-20(17-27)26-16-21(28)18-32-23-5-3-2-4-6-23/h2-14,20-21,26-28H,15-18H2,1H3/t20-,21+/m0/s1. The number of methoxy groups -OCH3 is 1. The Balaban J connectivity index is 1.53. The summed E-state index contributed by atoms with van der Waals surface area (Å²) in [6.07, 6.45) is 0.0716. The van der Waals surface area contributed by atoms with Crippen LogP contribution < -0.4 is 9.47 Å². The zero-order valence-electron chi connectivity index (χ0n) is 18.4. The molecule has 3 aromatic carbocycles. The van der Waals surface area contributed by atoms with E-state index in [4.69, 9.17) is 9.47 Å². The summed E-state index contributed by atoms with van der Waals surface area (Å²) in [6.45, 7) is 0.266. The molecule has 0 saturated heterocycles. The van der Waals surface area contributed by atoms with Crippen LogP contribution in [-0.4, -0.2) is 60.8 Å². The molecule has 0 aliphatic heterocycles. The Labute approximate surface area is 201 Å². The van der Waals surface area contributed by atoms with E-state index in [1.54, 1.807) is 36.4 Å². The van der Waals surface area contributed by atoms with Crippen LogP contribution in [0.5, 0.6) is 11.5 Å². The number of aliphatic hydroxyl groups is 2. The normalized spacial score (nSPS) is 13.7. The summed E-state index contributed by atoms with van der Waals surface area (Å²) in [4.78, 5) is 0.434. The van der Waals surface area contributed by atoms with Crippen molar-refractivity contribution in [1.29, 1.82) is 0 Å². The summed E-state index contributed by atoms with van der Waals surface area (Å²) in [5.41, 5.74) is 0.960. The van der Waals surface area contributed by atoms with Crippen LogP contribution in [-0.2, 0) is 16.3 Å². The van der Waals surface area contributed by atoms with E-state index in [-0.39, 0.29) is 27.7 Å². The first-order valence-electron chi connectivity index (χ1n) is 10.6. The molecule has 33 heavy (non-hydrogen) atoms. The van der Waals surface area contributed by atoms with Crippen LogP contribution in [0.4, 0.5) is 0 Å². The van der Waals surface area contributed by atoms with Crippen LogP contribution in [0.1, 0.15) is 5.56 Å². The molecule has 3 rings (SSSR count). The number of rotatable bonds is 12. The number of aliphatic hydroxyl groups excluding tert-OH is 2. The number of ether oxygens (including phenoxy) is 2. The predicted octanol–water partition coefficient (Wildman–Crippen LogP) is 3.15. The molecule has 6 nitrogen and oxygen atoms in total. The first-order chi connectivity index (χ1) is 15.9. The van der Waals surface area contributed by atoms with Crippen LogP contribution in [0, 0.1) is 0 Å². The molecule has 0 aliphatic rings. The van der Waals surface area contributed by atoms with E-state index in [0.717, 1.165) is 11.3 Å². The summed E-state index contributed by atoms with van der Waals surface area (Å²) < 4.78 is 36.5. The second kappa shape index (κ2) is 12.2. The minimum atomic E-state index is -3.61. The van der Waals surface area contributed by atoms with Crippen molar-refractivity contribution in [3.8, 4) is 11.5 Å². The number of hydrogen-bond acceptors (Lipinski definition) is 6. The van der Waals surface area contributed by atoms with E-state index in [1.807, 2.05) is 30.3 Å². The van der Waals surface area contributed by atoms with E-state index in [9.17, 15) is 18.6 Å². The summed E-state index contributed by atoms with van der Waals surface area (Å²) in [6, 6.07) is 22.4. The Morgan fingerprint density at radius 3 is 2.06 bits per heavy atom. The Hall–Kier alpha value is -2.31. The summed E-state index contributed by atoms with van der Waals surface area (Å²) in [5, 5.41) is 20.7. The molecule has 0 bridgehead atoms. The topological polar surface area (TPSA) is 93.1 Å². The monoisotopic (exact) mass is 532 g/mol. The van der Waals surface area contributed by atoms with Gasteiger partial charge in [-0.25, -0.2) is 0 Å². The van der Waals surface area contributed by atoms with Crippen molar-refractivity contribution < 1.29 is 28.1 Å². The Morgan fingerprint density at radius 1 is 0.879 bits per heavy atom. The fraction of sp³-hybridized carbons (Fsp3) is 0.280. The predicted molar refractivity (Wildman–Crippen MR) is 129 cm³/mol. The van der Waals surface area contributed by atoms with Crippen LogP contribution in [0.25, 0.3) is 0 Å². The first-order valence-corrected chi connectivity index (χ1v) is 14.8. The van der Waals surface area contributed by atoms with Crippen molar-refractivity contribution in [2.24, 2.45) is 0 Å². The van der Waals surface area contributed by atoms with Gasteiger partial charge in [0.05, 0.1) is 7.11 Å². The molecule has 0 amide bonds. The van der Waals surface area contributed by atoms with E-state index in [1.165, 1.54) is 19.2 Å². The van der Waals surface area contributed by atoms with Gasteiger partial charge in [-0.15, -0.1) is 0 Å². The molecule has 3 aromatic rings. The molecule has 0 saturated carbocycles. The molecular formula is C25H29AsO6S. The van der Waals surface area contributed by atoms with E-state index in [2.05, 4.69) is 0 Å². The first kappa shape index (κ1) is 25.3. The van der Waals surface area contributed by atoms with Gasteiger partial charge in [-0.05, 0) is 0 Å². The van der Waals surface area contributed by atoms with Gasteiger partial charge in [0.15, 0.2) is 0 Å². The maximum absolute atomic E-state index is 12.9. The summed E-state index contributed by atoms with van der Waals surface area (Å²) in [5.74, 6) is 1.32. The second-order valence-corrected chi connectivity index (χ2v) is 13.0. The van der Waals surface area contributed by atoms with Gasteiger partial charge in [-0.2, -0.15) is 0 Å². The number of hydrogen-bond donors (Lipinski definition) is 2. The van der Waals surface area contributed by atoms with Gasteiger partial charge < -0.3 is 0 Å². The zero-order valence-corrected chi connectivity index (χ0v) is 21.3. The van der Waals surface area contributed by atoms with Gasteiger partial charge in [0.1, 0.15) is 0 Å². The quantitative estimate of drug-likeness (QED) is 0.349. The molecule has 0 aliphatic carbocycles. The fourth-order valence-electron chi connectivity index (χ4n) is 3.25. The molecule has 8 heteroatoms. The van der Waals surface area contributed by atoms with Crippen LogP contribution in [0.2, 0.25) is 9.91 Å². The summed E-state index contributed by atoms with van der Waals surface area (Å²) >= 11 is -0.623. The fourth-order valence-corrected chi connectivity index (χ4v) is 7.10. The van der Waals surface area contributed by atoms with Gasteiger partial charge in [0.2, 0.25) is 0 Å². The van der Waals surface area contributed by atoms with Gasteiger partial charge >= 0.3 is 195 Å². The van der Waals surface area contributed by atoms with Gasteiger partial charge in [-0.1, -0.05) is 0 Å². The van der Waals surface area contributed by atoms with Crippen molar-refractivity contribution in [2.75, 3.05) is 20.3 Å². The third kappa shape index (κ3) is 7.34. The van der Waals surface area contributed by atoms with Crippen LogP contribution >= 0.6 is 0 Å². The van der Waals surface area contributed by atoms with Crippen molar-refractivity contribution in [2.45, 2.75) is 32.2 Å². The maximum atomic E-state index is 12.9. The number of para-hydroxylation sites is 1. The molecule has 0 heterocycles.